The molecular formula is C30H29NO4. The molecule has 1 saturated heterocycles. The van der Waals surface area contributed by atoms with Gasteiger partial charge in [-0.15, -0.1) is 0 Å². The van der Waals surface area contributed by atoms with Crippen LogP contribution in [0.25, 0.3) is 16.7 Å². The molecule has 0 radical (unpaired) electrons. The summed E-state index contributed by atoms with van der Waals surface area (Å²) >= 11 is 0. The molecule has 6 rings (SSSR count). The summed E-state index contributed by atoms with van der Waals surface area (Å²) in [5.74, 6) is 1.69. The van der Waals surface area contributed by atoms with Crippen LogP contribution in [0.4, 0.5) is 4.79 Å². The van der Waals surface area contributed by atoms with E-state index >= 15 is 0 Å². The van der Waals surface area contributed by atoms with E-state index in [1.807, 2.05) is 23.1 Å². The average molecular weight is 468 g/mol. The Labute approximate surface area is 205 Å². The third-order valence-electron chi connectivity index (χ3n) is 7.69. The first-order valence-electron chi connectivity index (χ1n) is 12.2. The first-order valence-corrected chi connectivity index (χ1v) is 12.2. The molecule has 2 bridgehead atoms. The zero-order valence-electron chi connectivity index (χ0n) is 20.1. The van der Waals surface area contributed by atoms with Crippen LogP contribution in [0.3, 0.4) is 0 Å². The molecule has 1 amide bonds. The van der Waals surface area contributed by atoms with E-state index in [-0.39, 0.29) is 24.1 Å². The van der Waals surface area contributed by atoms with Crippen LogP contribution in [-0.2, 0) is 4.74 Å². The monoisotopic (exact) mass is 467 g/mol. The lowest BCUT2D eigenvalue weighted by Gasteiger charge is -2.34. The van der Waals surface area contributed by atoms with Crippen LogP contribution in [0.1, 0.15) is 41.9 Å². The predicted octanol–water partition coefficient (Wildman–Crippen LogP) is 6.27. The van der Waals surface area contributed by atoms with E-state index in [2.05, 4.69) is 54.6 Å². The lowest BCUT2D eigenvalue weighted by atomic mass is 9.94. The summed E-state index contributed by atoms with van der Waals surface area (Å²) in [6.45, 7) is 0.350. The minimum absolute atomic E-state index is 0.0373. The maximum absolute atomic E-state index is 13.3. The molecule has 0 N–H and O–H groups in total. The van der Waals surface area contributed by atoms with Crippen LogP contribution in [0.5, 0.6) is 11.5 Å². The fourth-order valence-corrected chi connectivity index (χ4v) is 6.05. The number of ether oxygens (including phenoxy) is 3. The number of methoxy groups -OCH3 is 2. The quantitative estimate of drug-likeness (QED) is 0.444. The molecule has 178 valence electrons. The molecule has 3 aliphatic rings. The highest BCUT2D eigenvalue weighted by atomic mass is 16.6. The van der Waals surface area contributed by atoms with Crippen LogP contribution in [-0.4, -0.2) is 43.9 Å². The highest BCUT2D eigenvalue weighted by Gasteiger charge is 2.41. The Morgan fingerprint density at radius 1 is 0.886 bits per heavy atom. The number of hydrogen-bond donors (Lipinski definition) is 0. The lowest BCUT2D eigenvalue weighted by molar-refractivity contribution is 0.0866. The van der Waals surface area contributed by atoms with Crippen molar-refractivity contribution >= 4 is 11.7 Å². The minimum atomic E-state index is -0.215. The Morgan fingerprint density at radius 3 is 2.26 bits per heavy atom. The summed E-state index contributed by atoms with van der Waals surface area (Å²) in [5, 5.41) is 0. The Bertz CT molecular complexity index is 1270. The maximum atomic E-state index is 13.3. The Balaban J connectivity index is 1.21. The Morgan fingerprint density at radius 2 is 1.60 bits per heavy atom. The van der Waals surface area contributed by atoms with Crippen molar-refractivity contribution in [2.75, 3.05) is 20.8 Å². The summed E-state index contributed by atoms with van der Waals surface area (Å²) in [5.41, 5.74) is 7.18. The first kappa shape index (κ1) is 21.8. The number of carbonyl (C=O) groups excluding carboxylic acids is 1. The Kier molecular flexibility index (Phi) is 5.48. The highest BCUT2D eigenvalue weighted by Crippen LogP contribution is 2.45. The molecule has 2 aliphatic heterocycles. The van der Waals surface area contributed by atoms with Gasteiger partial charge in [0.15, 0.2) is 0 Å². The number of hydrogen-bond acceptors (Lipinski definition) is 4. The van der Waals surface area contributed by atoms with Crippen LogP contribution in [0.15, 0.2) is 72.8 Å². The fourth-order valence-electron chi connectivity index (χ4n) is 6.05. The van der Waals surface area contributed by atoms with E-state index in [1.54, 1.807) is 14.2 Å². The second-order valence-corrected chi connectivity index (χ2v) is 9.47. The van der Waals surface area contributed by atoms with Crippen molar-refractivity contribution in [3.8, 4) is 22.6 Å². The van der Waals surface area contributed by atoms with E-state index in [0.717, 1.165) is 36.3 Å². The van der Waals surface area contributed by atoms with Gasteiger partial charge in [0.1, 0.15) is 18.1 Å². The number of fused-ring (bicyclic) bond motifs is 5. The standard InChI is InChI=1S/C30H29NO4/c1-33-22-13-14-29(34-2)27(17-22)19-15-20-11-12-21(16-19)31(20)30(32)35-18-28-25-9-5-3-7-23(25)24-8-4-6-10-26(24)28/h3-10,13-15,17,20-21,28H,11-12,16,18H2,1-2H3. The smallest absolute Gasteiger partial charge is 0.410 e. The molecule has 1 aliphatic carbocycles. The molecule has 0 spiro atoms. The van der Waals surface area contributed by atoms with Gasteiger partial charge in [0, 0.05) is 17.5 Å². The van der Waals surface area contributed by atoms with Gasteiger partial charge in [0.25, 0.3) is 0 Å². The SMILES string of the molecule is COc1ccc(OC)c(C2=CC3CCC(C2)N3C(=O)OCC2c3ccccc3-c3ccccc32)c1. The van der Waals surface area contributed by atoms with Gasteiger partial charge in [-0.3, -0.25) is 4.90 Å². The van der Waals surface area contributed by atoms with Crippen LogP contribution >= 0.6 is 0 Å². The summed E-state index contributed by atoms with van der Waals surface area (Å²) in [6.07, 6.45) is 4.70. The molecule has 0 aromatic heterocycles. The topological polar surface area (TPSA) is 48.0 Å². The van der Waals surface area contributed by atoms with Crippen LogP contribution in [0, 0.1) is 0 Å². The minimum Gasteiger partial charge on any atom is -0.497 e. The predicted molar refractivity (Wildman–Crippen MR) is 136 cm³/mol. The van der Waals surface area contributed by atoms with Gasteiger partial charge >= 0.3 is 6.09 Å². The summed E-state index contributed by atoms with van der Waals surface area (Å²) < 4.78 is 17.0. The summed E-state index contributed by atoms with van der Waals surface area (Å²) in [6, 6.07) is 22.9. The molecular weight excluding hydrogens is 438 g/mol. The number of amides is 1. The van der Waals surface area contributed by atoms with Gasteiger partial charge in [-0.25, -0.2) is 4.79 Å². The van der Waals surface area contributed by atoms with Gasteiger partial charge in [-0.05, 0) is 65.3 Å². The van der Waals surface area contributed by atoms with E-state index in [1.165, 1.54) is 27.8 Å². The molecule has 3 aromatic rings. The second-order valence-electron chi connectivity index (χ2n) is 9.47. The number of nitrogens with zero attached hydrogens (tertiary/aromatic N) is 1. The number of carbonyl (C=O) groups is 1. The normalized spacial score (nSPS) is 20.2. The molecule has 3 aromatic carbocycles. The van der Waals surface area contributed by atoms with Crippen molar-refractivity contribution < 1.29 is 19.0 Å². The highest BCUT2D eigenvalue weighted by molar-refractivity contribution is 5.80. The van der Waals surface area contributed by atoms with E-state index in [4.69, 9.17) is 14.2 Å². The lowest BCUT2D eigenvalue weighted by Crippen LogP contribution is -2.43. The molecule has 0 saturated carbocycles. The zero-order valence-corrected chi connectivity index (χ0v) is 20.1. The molecule has 35 heavy (non-hydrogen) atoms. The molecule has 2 atom stereocenters. The van der Waals surface area contributed by atoms with Gasteiger partial charge in [-0.2, -0.15) is 0 Å². The first-order chi connectivity index (χ1) is 17.2. The molecule has 5 nitrogen and oxygen atoms in total. The van der Waals surface area contributed by atoms with Crippen molar-refractivity contribution in [3.05, 3.63) is 89.5 Å². The van der Waals surface area contributed by atoms with Gasteiger partial charge in [-0.1, -0.05) is 54.6 Å². The van der Waals surface area contributed by atoms with Crippen molar-refractivity contribution in [3.63, 3.8) is 0 Å². The van der Waals surface area contributed by atoms with E-state index < -0.39 is 0 Å². The third-order valence-corrected chi connectivity index (χ3v) is 7.69. The van der Waals surface area contributed by atoms with Gasteiger partial charge in [0.2, 0.25) is 0 Å². The summed E-state index contributed by atoms with van der Waals surface area (Å²) in [7, 11) is 3.36. The van der Waals surface area contributed by atoms with Crippen molar-refractivity contribution in [2.24, 2.45) is 0 Å². The molecule has 1 fully saturated rings. The fraction of sp³-hybridized carbons (Fsp3) is 0.300. The Hall–Kier alpha value is -3.73. The number of rotatable bonds is 5. The van der Waals surface area contributed by atoms with E-state index in [0.29, 0.717) is 6.61 Å². The zero-order chi connectivity index (χ0) is 23.9. The van der Waals surface area contributed by atoms with Crippen molar-refractivity contribution in [1.29, 1.82) is 0 Å². The summed E-state index contributed by atoms with van der Waals surface area (Å²) in [4.78, 5) is 15.3. The van der Waals surface area contributed by atoms with Gasteiger partial charge < -0.3 is 14.2 Å². The largest absolute Gasteiger partial charge is 0.497 e. The molecule has 2 unspecified atom stereocenters. The molecule has 2 heterocycles. The number of benzene rings is 3. The van der Waals surface area contributed by atoms with E-state index in [9.17, 15) is 4.79 Å². The third kappa shape index (κ3) is 3.66. The van der Waals surface area contributed by atoms with Crippen LogP contribution in [0.2, 0.25) is 0 Å². The van der Waals surface area contributed by atoms with Crippen molar-refractivity contribution in [2.45, 2.75) is 37.3 Å². The molecule has 5 heteroatoms. The van der Waals surface area contributed by atoms with Crippen LogP contribution < -0.4 is 9.47 Å². The average Bonchev–Trinajstić information content (AvgIpc) is 3.37. The second kappa shape index (κ2) is 8.81. The maximum Gasteiger partial charge on any atom is 0.410 e. The van der Waals surface area contributed by atoms with Gasteiger partial charge in [0.05, 0.1) is 20.3 Å². The van der Waals surface area contributed by atoms with Crippen molar-refractivity contribution in [1.82, 2.24) is 4.90 Å².